The highest BCUT2D eigenvalue weighted by Gasteiger charge is 2.13. The van der Waals surface area contributed by atoms with Crippen LogP contribution in [-0.2, 0) is 12.8 Å². The molecule has 0 aromatic carbocycles. The number of hydrogen-bond donors (Lipinski definition) is 0. The molecule has 1 unspecified atom stereocenters. The second kappa shape index (κ2) is 5.61. The van der Waals surface area contributed by atoms with Gasteiger partial charge in [0.15, 0.2) is 0 Å². The lowest BCUT2D eigenvalue weighted by molar-refractivity contribution is 0.398. The highest BCUT2D eigenvalue weighted by molar-refractivity contribution is 5.07. The van der Waals surface area contributed by atoms with E-state index in [1.54, 1.807) is 0 Å². The summed E-state index contributed by atoms with van der Waals surface area (Å²) in [5.74, 6) is 2.36. The Balaban J connectivity index is 2.62. The van der Waals surface area contributed by atoms with Crippen molar-refractivity contribution in [1.82, 2.24) is 9.97 Å². The molecular formula is C15H26N2. The van der Waals surface area contributed by atoms with Gasteiger partial charge in [0.05, 0.1) is 0 Å². The van der Waals surface area contributed by atoms with Crippen LogP contribution in [0.1, 0.15) is 52.9 Å². The maximum absolute atomic E-state index is 4.47. The third kappa shape index (κ3) is 5.29. The summed E-state index contributed by atoms with van der Waals surface area (Å²) in [5, 5.41) is 0. The molecule has 1 rings (SSSR count). The van der Waals surface area contributed by atoms with Crippen molar-refractivity contribution in [1.29, 1.82) is 0 Å². The van der Waals surface area contributed by atoms with Crippen molar-refractivity contribution in [2.24, 2.45) is 17.3 Å². The van der Waals surface area contributed by atoms with Crippen LogP contribution in [0.2, 0.25) is 0 Å². The Bertz CT molecular complexity index is 333. The Morgan fingerprint density at radius 2 is 1.59 bits per heavy atom. The van der Waals surface area contributed by atoms with Crippen LogP contribution in [0.15, 0.2) is 12.4 Å². The second-order valence-electron chi connectivity index (χ2n) is 6.67. The summed E-state index contributed by atoms with van der Waals surface area (Å²) in [6.07, 6.45) is 6.00. The van der Waals surface area contributed by atoms with Gasteiger partial charge in [-0.1, -0.05) is 41.5 Å². The molecule has 2 heteroatoms. The Morgan fingerprint density at radius 1 is 1.06 bits per heavy atom. The largest absolute Gasteiger partial charge is 0.241 e. The SMILES string of the molecule is CC(C)C(C)Cc1cnc(CC(C)(C)C)nc1. The lowest BCUT2D eigenvalue weighted by Crippen LogP contribution is -2.13. The molecule has 1 atom stereocenters. The fourth-order valence-electron chi connectivity index (χ4n) is 1.66. The minimum absolute atomic E-state index is 0.257. The standard InChI is InChI=1S/C15H26N2/c1-11(2)12(3)7-13-9-16-14(17-10-13)8-15(4,5)6/h9-12H,7-8H2,1-6H3. The zero-order valence-electron chi connectivity index (χ0n) is 12.1. The predicted molar refractivity (Wildman–Crippen MR) is 72.9 cm³/mol. The van der Waals surface area contributed by atoms with Gasteiger partial charge in [-0.15, -0.1) is 0 Å². The molecule has 0 radical (unpaired) electrons. The molecule has 0 spiro atoms. The highest BCUT2D eigenvalue weighted by Crippen LogP contribution is 2.19. The number of hydrogen-bond acceptors (Lipinski definition) is 2. The Labute approximate surface area is 106 Å². The number of rotatable bonds is 4. The Hall–Kier alpha value is -0.920. The van der Waals surface area contributed by atoms with Crippen LogP contribution >= 0.6 is 0 Å². The van der Waals surface area contributed by atoms with Crippen LogP contribution in [-0.4, -0.2) is 9.97 Å². The van der Waals surface area contributed by atoms with E-state index >= 15 is 0 Å². The predicted octanol–water partition coefficient (Wildman–Crippen LogP) is 3.90. The van der Waals surface area contributed by atoms with E-state index < -0.39 is 0 Å². The molecule has 0 fully saturated rings. The molecule has 0 aliphatic carbocycles. The lowest BCUT2D eigenvalue weighted by atomic mass is 9.91. The van der Waals surface area contributed by atoms with Crippen LogP contribution in [0.25, 0.3) is 0 Å². The molecule has 2 nitrogen and oxygen atoms in total. The molecule has 0 aliphatic rings. The van der Waals surface area contributed by atoms with E-state index in [0.717, 1.165) is 18.7 Å². The average molecular weight is 234 g/mol. The maximum Gasteiger partial charge on any atom is 0.128 e. The van der Waals surface area contributed by atoms with E-state index in [2.05, 4.69) is 51.5 Å². The van der Waals surface area contributed by atoms with Crippen molar-refractivity contribution in [2.75, 3.05) is 0 Å². The van der Waals surface area contributed by atoms with Crippen molar-refractivity contribution in [3.8, 4) is 0 Å². The van der Waals surface area contributed by atoms with E-state index in [0.29, 0.717) is 11.8 Å². The van der Waals surface area contributed by atoms with Crippen molar-refractivity contribution >= 4 is 0 Å². The minimum atomic E-state index is 0.257. The van der Waals surface area contributed by atoms with Gasteiger partial charge < -0.3 is 0 Å². The van der Waals surface area contributed by atoms with Crippen LogP contribution in [0.5, 0.6) is 0 Å². The van der Waals surface area contributed by atoms with Gasteiger partial charge in [-0.2, -0.15) is 0 Å². The normalized spacial score (nSPS) is 14.1. The Kier molecular flexibility index (Phi) is 4.67. The van der Waals surface area contributed by atoms with Crippen molar-refractivity contribution in [3.63, 3.8) is 0 Å². The van der Waals surface area contributed by atoms with Gasteiger partial charge in [0, 0.05) is 18.8 Å². The zero-order valence-corrected chi connectivity index (χ0v) is 12.1. The van der Waals surface area contributed by atoms with E-state index in [4.69, 9.17) is 0 Å². The molecule has 0 N–H and O–H groups in total. The lowest BCUT2D eigenvalue weighted by Gasteiger charge is -2.17. The first-order chi connectivity index (χ1) is 7.78. The van der Waals surface area contributed by atoms with E-state index in [9.17, 15) is 0 Å². The quantitative estimate of drug-likeness (QED) is 0.789. The maximum atomic E-state index is 4.47. The average Bonchev–Trinajstić information content (AvgIpc) is 2.18. The molecule has 1 aromatic rings. The summed E-state index contributed by atoms with van der Waals surface area (Å²) in [4.78, 5) is 8.93. The van der Waals surface area contributed by atoms with Crippen LogP contribution in [0.4, 0.5) is 0 Å². The molecule has 1 aromatic heterocycles. The molecule has 17 heavy (non-hydrogen) atoms. The molecular weight excluding hydrogens is 208 g/mol. The van der Waals surface area contributed by atoms with Crippen LogP contribution in [0, 0.1) is 17.3 Å². The van der Waals surface area contributed by atoms with Gasteiger partial charge in [0.2, 0.25) is 0 Å². The van der Waals surface area contributed by atoms with Gasteiger partial charge in [0.1, 0.15) is 5.82 Å². The minimum Gasteiger partial charge on any atom is -0.241 e. The monoisotopic (exact) mass is 234 g/mol. The molecule has 0 bridgehead atoms. The van der Waals surface area contributed by atoms with Gasteiger partial charge >= 0.3 is 0 Å². The molecule has 1 heterocycles. The van der Waals surface area contributed by atoms with Crippen molar-refractivity contribution in [3.05, 3.63) is 23.8 Å². The van der Waals surface area contributed by atoms with Crippen molar-refractivity contribution < 1.29 is 0 Å². The van der Waals surface area contributed by atoms with Gasteiger partial charge in [-0.25, -0.2) is 9.97 Å². The van der Waals surface area contributed by atoms with E-state index in [-0.39, 0.29) is 5.41 Å². The summed E-state index contributed by atoms with van der Waals surface area (Å²) in [5.41, 5.74) is 1.51. The summed E-state index contributed by atoms with van der Waals surface area (Å²) >= 11 is 0. The summed E-state index contributed by atoms with van der Waals surface area (Å²) in [7, 11) is 0. The first-order valence-electron chi connectivity index (χ1n) is 6.58. The highest BCUT2D eigenvalue weighted by atomic mass is 14.9. The fourth-order valence-corrected chi connectivity index (χ4v) is 1.66. The topological polar surface area (TPSA) is 25.8 Å². The summed E-state index contributed by atoms with van der Waals surface area (Å²) in [6.45, 7) is 13.5. The third-order valence-corrected chi connectivity index (χ3v) is 3.14. The second-order valence-corrected chi connectivity index (χ2v) is 6.67. The van der Waals surface area contributed by atoms with Gasteiger partial charge in [-0.3, -0.25) is 0 Å². The smallest absolute Gasteiger partial charge is 0.128 e. The molecule has 0 aliphatic heterocycles. The molecule has 0 amide bonds. The van der Waals surface area contributed by atoms with E-state index in [1.807, 2.05) is 12.4 Å². The molecule has 96 valence electrons. The Morgan fingerprint density at radius 3 is 2.00 bits per heavy atom. The van der Waals surface area contributed by atoms with Crippen molar-refractivity contribution in [2.45, 2.75) is 54.4 Å². The zero-order chi connectivity index (χ0) is 13.1. The third-order valence-electron chi connectivity index (χ3n) is 3.14. The number of aromatic nitrogens is 2. The molecule has 0 saturated heterocycles. The molecule has 0 saturated carbocycles. The van der Waals surface area contributed by atoms with Crippen LogP contribution < -0.4 is 0 Å². The first kappa shape index (κ1) is 14.1. The van der Waals surface area contributed by atoms with Crippen LogP contribution in [0.3, 0.4) is 0 Å². The van der Waals surface area contributed by atoms with Gasteiger partial charge in [-0.05, 0) is 29.2 Å². The van der Waals surface area contributed by atoms with Gasteiger partial charge in [0.25, 0.3) is 0 Å². The summed E-state index contributed by atoms with van der Waals surface area (Å²) in [6, 6.07) is 0. The van der Waals surface area contributed by atoms with E-state index in [1.165, 1.54) is 5.56 Å². The summed E-state index contributed by atoms with van der Waals surface area (Å²) < 4.78 is 0. The first-order valence-corrected chi connectivity index (χ1v) is 6.58. The fraction of sp³-hybridized carbons (Fsp3) is 0.733. The number of nitrogens with zero attached hydrogens (tertiary/aromatic N) is 2.